The molecule has 0 unspecified atom stereocenters. The molecule has 1 heterocycles. The Bertz CT molecular complexity index is 760. The van der Waals surface area contributed by atoms with Crippen LogP contribution >= 0.6 is 0 Å². The minimum atomic E-state index is -0.320. The molecule has 2 aromatic rings. The van der Waals surface area contributed by atoms with Crippen LogP contribution in [0.15, 0.2) is 36.4 Å². The molecular weight excluding hydrogens is 309 g/mol. The third-order valence-corrected chi connectivity index (χ3v) is 4.27. The van der Waals surface area contributed by atoms with Gasteiger partial charge in [-0.1, -0.05) is 12.1 Å². The van der Waals surface area contributed by atoms with E-state index in [9.17, 15) is 9.18 Å². The van der Waals surface area contributed by atoms with E-state index >= 15 is 0 Å². The fourth-order valence-corrected chi connectivity index (χ4v) is 3.07. The van der Waals surface area contributed by atoms with Crippen molar-refractivity contribution in [1.29, 1.82) is 0 Å². The van der Waals surface area contributed by atoms with E-state index in [1.54, 1.807) is 37.3 Å². The molecule has 0 radical (unpaired) electrons. The van der Waals surface area contributed by atoms with Crippen molar-refractivity contribution in [2.24, 2.45) is 0 Å². The summed E-state index contributed by atoms with van der Waals surface area (Å²) in [7, 11) is 3.13. The number of hydrogen-bond acceptors (Lipinski definition) is 3. The van der Waals surface area contributed by atoms with Gasteiger partial charge in [-0.25, -0.2) is 4.39 Å². The van der Waals surface area contributed by atoms with E-state index in [-0.39, 0.29) is 18.1 Å². The molecule has 0 fully saturated rings. The number of halogens is 1. The Balaban J connectivity index is 1.83. The van der Waals surface area contributed by atoms with Crippen LogP contribution in [0, 0.1) is 5.82 Å². The van der Waals surface area contributed by atoms with Crippen LogP contribution in [0.25, 0.3) is 0 Å². The van der Waals surface area contributed by atoms with Crippen molar-refractivity contribution in [3.05, 3.63) is 53.3 Å². The van der Waals surface area contributed by atoms with Crippen molar-refractivity contribution in [2.45, 2.75) is 19.3 Å². The van der Waals surface area contributed by atoms with Gasteiger partial charge >= 0.3 is 0 Å². The Morgan fingerprint density at radius 3 is 2.67 bits per heavy atom. The number of benzene rings is 2. The number of methoxy groups -OCH3 is 2. The molecule has 0 spiro atoms. The first-order valence-corrected chi connectivity index (χ1v) is 7.92. The SMILES string of the molecule is COc1ccc(CC(=O)N2CCCc3ccc(F)cc32)cc1OC. The van der Waals surface area contributed by atoms with Crippen LogP contribution in [-0.2, 0) is 17.6 Å². The molecule has 4 nitrogen and oxygen atoms in total. The fraction of sp³-hybridized carbons (Fsp3) is 0.316. The lowest BCUT2D eigenvalue weighted by molar-refractivity contribution is -0.118. The minimum Gasteiger partial charge on any atom is -0.493 e. The van der Waals surface area contributed by atoms with Crippen LogP contribution in [0.4, 0.5) is 10.1 Å². The Morgan fingerprint density at radius 2 is 1.92 bits per heavy atom. The zero-order chi connectivity index (χ0) is 17.1. The standard InChI is InChI=1S/C19H20FNO3/c1-23-17-8-5-13(10-18(17)24-2)11-19(22)21-9-3-4-14-6-7-15(20)12-16(14)21/h5-8,10,12H,3-4,9,11H2,1-2H3. The van der Waals surface area contributed by atoms with Crippen LogP contribution in [0.1, 0.15) is 17.5 Å². The molecule has 24 heavy (non-hydrogen) atoms. The molecule has 2 aromatic carbocycles. The van der Waals surface area contributed by atoms with Gasteiger partial charge in [-0.3, -0.25) is 4.79 Å². The quantitative estimate of drug-likeness (QED) is 0.863. The number of ether oxygens (including phenoxy) is 2. The molecule has 3 rings (SSSR count). The molecule has 0 aliphatic carbocycles. The molecule has 0 bridgehead atoms. The highest BCUT2D eigenvalue weighted by molar-refractivity contribution is 5.96. The lowest BCUT2D eigenvalue weighted by atomic mass is 10.0. The fourth-order valence-electron chi connectivity index (χ4n) is 3.07. The highest BCUT2D eigenvalue weighted by Crippen LogP contribution is 2.30. The second kappa shape index (κ2) is 6.91. The number of carbonyl (C=O) groups excluding carboxylic acids is 1. The summed E-state index contributed by atoms with van der Waals surface area (Å²) in [5.74, 6) is 0.848. The first-order chi connectivity index (χ1) is 11.6. The summed E-state index contributed by atoms with van der Waals surface area (Å²) in [6, 6.07) is 10.1. The van der Waals surface area contributed by atoms with Gasteiger partial charge in [0.2, 0.25) is 5.91 Å². The first kappa shape index (κ1) is 16.3. The Hall–Kier alpha value is -2.56. The van der Waals surface area contributed by atoms with Crippen molar-refractivity contribution in [3.63, 3.8) is 0 Å². The number of aryl methyl sites for hydroxylation is 1. The zero-order valence-electron chi connectivity index (χ0n) is 13.8. The maximum Gasteiger partial charge on any atom is 0.231 e. The monoisotopic (exact) mass is 329 g/mol. The van der Waals surface area contributed by atoms with E-state index in [2.05, 4.69) is 0 Å². The molecule has 1 amide bonds. The number of nitrogens with zero attached hydrogens (tertiary/aromatic N) is 1. The van der Waals surface area contributed by atoms with Gasteiger partial charge in [-0.2, -0.15) is 0 Å². The number of rotatable bonds is 4. The van der Waals surface area contributed by atoms with Crippen molar-refractivity contribution in [1.82, 2.24) is 0 Å². The summed E-state index contributed by atoms with van der Waals surface area (Å²) in [6.45, 7) is 0.614. The van der Waals surface area contributed by atoms with Gasteiger partial charge < -0.3 is 14.4 Å². The molecule has 0 aromatic heterocycles. The van der Waals surface area contributed by atoms with Crippen LogP contribution < -0.4 is 14.4 Å². The number of hydrogen-bond donors (Lipinski definition) is 0. The zero-order valence-corrected chi connectivity index (χ0v) is 13.8. The minimum absolute atomic E-state index is 0.0474. The molecule has 5 heteroatoms. The number of anilines is 1. The summed E-state index contributed by atoms with van der Waals surface area (Å²) in [5, 5.41) is 0. The molecule has 0 atom stereocenters. The van der Waals surface area contributed by atoms with Gasteiger partial charge in [0.1, 0.15) is 5.82 Å². The van der Waals surface area contributed by atoms with Gasteiger partial charge in [-0.05, 0) is 48.2 Å². The maximum atomic E-state index is 13.6. The topological polar surface area (TPSA) is 38.8 Å². The van der Waals surface area contributed by atoms with Crippen molar-refractivity contribution in [2.75, 3.05) is 25.7 Å². The average molecular weight is 329 g/mol. The predicted octanol–water partition coefficient (Wildman–Crippen LogP) is 3.36. The number of amides is 1. The predicted molar refractivity (Wildman–Crippen MR) is 90.3 cm³/mol. The van der Waals surface area contributed by atoms with E-state index in [1.165, 1.54) is 12.1 Å². The Morgan fingerprint density at radius 1 is 1.12 bits per heavy atom. The smallest absolute Gasteiger partial charge is 0.231 e. The molecule has 0 N–H and O–H groups in total. The van der Waals surface area contributed by atoms with E-state index in [0.717, 1.165) is 24.0 Å². The summed E-state index contributed by atoms with van der Waals surface area (Å²) in [5.41, 5.74) is 2.54. The molecule has 1 aliphatic heterocycles. The van der Waals surface area contributed by atoms with E-state index in [1.807, 2.05) is 6.07 Å². The Labute approximate surface area is 140 Å². The number of carbonyl (C=O) groups is 1. The van der Waals surface area contributed by atoms with Crippen molar-refractivity contribution in [3.8, 4) is 11.5 Å². The lowest BCUT2D eigenvalue weighted by Gasteiger charge is -2.29. The van der Waals surface area contributed by atoms with E-state index in [0.29, 0.717) is 23.7 Å². The lowest BCUT2D eigenvalue weighted by Crippen LogP contribution is -2.36. The van der Waals surface area contributed by atoms with E-state index in [4.69, 9.17) is 9.47 Å². The van der Waals surface area contributed by atoms with E-state index < -0.39 is 0 Å². The highest BCUT2D eigenvalue weighted by Gasteiger charge is 2.23. The van der Waals surface area contributed by atoms with Crippen LogP contribution in [0.3, 0.4) is 0 Å². The van der Waals surface area contributed by atoms with Gasteiger partial charge in [0.25, 0.3) is 0 Å². The third-order valence-electron chi connectivity index (χ3n) is 4.27. The van der Waals surface area contributed by atoms with Gasteiger partial charge in [-0.15, -0.1) is 0 Å². The molecule has 0 saturated carbocycles. The molecular formula is C19H20FNO3. The molecule has 126 valence electrons. The average Bonchev–Trinajstić information content (AvgIpc) is 2.60. The van der Waals surface area contributed by atoms with Gasteiger partial charge in [0.15, 0.2) is 11.5 Å². The maximum absolute atomic E-state index is 13.6. The summed E-state index contributed by atoms with van der Waals surface area (Å²) < 4.78 is 24.1. The third kappa shape index (κ3) is 3.20. The second-order valence-electron chi connectivity index (χ2n) is 5.79. The second-order valence-corrected chi connectivity index (χ2v) is 5.79. The normalized spacial score (nSPS) is 13.4. The summed E-state index contributed by atoms with van der Waals surface area (Å²) >= 11 is 0. The van der Waals surface area contributed by atoms with Crippen LogP contribution in [0.5, 0.6) is 11.5 Å². The molecule has 0 saturated heterocycles. The number of fused-ring (bicyclic) bond motifs is 1. The first-order valence-electron chi connectivity index (χ1n) is 7.92. The Kier molecular flexibility index (Phi) is 4.69. The van der Waals surface area contributed by atoms with Gasteiger partial charge in [0.05, 0.1) is 20.6 Å². The highest BCUT2D eigenvalue weighted by atomic mass is 19.1. The molecule has 1 aliphatic rings. The summed E-state index contributed by atoms with van der Waals surface area (Å²) in [6.07, 6.45) is 1.99. The summed E-state index contributed by atoms with van der Waals surface area (Å²) in [4.78, 5) is 14.4. The van der Waals surface area contributed by atoms with Crippen LogP contribution in [0.2, 0.25) is 0 Å². The van der Waals surface area contributed by atoms with Gasteiger partial charge in [0, 0.05) is 12.2 Å². The van der Waals surface area contributed by atoms with Crippen molar-refractivity contribution >= 4 is 11.6 Å². The largest absolute Gasteiger partial charge is 0.493 e. The van der Waals surface area contributed by atoms with Crippen LogP contribution in [-0.4, -0.2) is 26.7 Å². The van der Waals surface area contributed by atoms with Crippen molar-refractivity contribution < 1.29 is 18.7 Å².